The summed E-state index contributed by atoms with van der Waals surface area (Å²) in [7, 11) is 1.69. The highest BCUT2D eigenvalue weighted by molar-refractivity contribution is 14.0. The lowest BCUT2D eigenvalue weighted by molar-refractivity contribution is 0.185. The molecule has 0 amide bonds. The number of rotatable bonds is 7. The quantitative estimate of drug-likeness (QED) is 0.395. The number of ether oxygens (including phenoxy) is 1. The number of methoxy groups -OCH3 is 1. The van der Waals surface area contributed by atoms with Crippen molar-refractivity contribution in [1.29, 1.82) is 0 Å². The molecular weight excluding hydrogens is 403 g/mol. The fraction of sp³-hybridized carbons (Fsp3) is 0.588. The van der Waals surface area contributed by atoms with E-state index in [-0.39, 0.29) is 24.0 Å². The second kappa shape index (κ2) is 10.8. The van der Waals surface area contributed by atoms with Crippen molar-refractivity contribution in [3.05, 3.63) is 29.8 Å². The van der Waals surface area contributed by atoms with Crippen molar-refractivity contribution >= 4 is 35.6 Å². The van der Waals surface area contributed by atoms with E-state index in [1.54, 1.807) is 7.11 Å². The zero-order valence-electron chi connectivity index (χ0n) is 14.1. The molecular formula is C17H29IN4O. The van der Waals surface area contributed by atoms with E-state index in [2.05, 4.69) is 22.1 Å². The molecule has 1 aromatic carbocycles. The van der Waals surface area contributed by atoms with E-state index in [0.29, 0.717) is 18.6 Å². The molecule has 1 heterocycles. The van der Waals surface area contributed by atoms with Gasteiger partial charge >= 0.3 is 0 Å². The average molecular weight is 432 g/mol. The molecule has 1 aliphatic heterocycles. The maximum atomic E-state index is 6.05. The standard InChI is InChI=1S/C17H28N4O.HI/c1-3-15(21-10-6-7-11-21)12-19-17(18)20-16-9-5-4-8-14(16)13-22-2;/h4-5,8-9,15H,3,6-7,10-13H2,1-2H3,(H3,18,19,20);1H. The lowest BCUT2D eigenvalue weighted by Gasteiger charge is -2.24. The molecule has 1 aliphatic rings. The summed E-state index contributed by atoms with van der Waals surface area (Å²) in [5, 5.41) is 3.19. The summed E-state index contributed by atoms with van der Waals surface area (Å²) in [4.78, 5) is 7.06. The van der Waals surface area contributed by atoms with Crippen molar-refractivity contribution in [2.75, 3.05) is 32.1 Å². The fourth-order valence-electron chi connectivity index (χ4n) is 2.91. The molecule has 130 valence electrons. The van der Waals surface area contributed by atoms with E-state index in [4.69, 9.17) is 10.5 Å². The van der Waals surface area contributed by atoms with Crippen LogP contribution < -0.4 is 11.1 Å². The summed E-state index contributed by atoms with van der Waals surface area (Å²) in [6.45, 7) is 5.91. The third kappa shape index (κ3) is 6.27. The maximum Gasteiger partial charge on any atom is 0.193 e. The summed E-state index contributed by atoms with van der Waals surface area (Å²) in [6, 6.07) is 8.49. The van der Waals surface area contributed by atoms with E-state index in [9.17, 15) is 0 Å². The highest BCUT2D eigenvalue weighted by Crippen LogP contribution is 2.16. The normalized spacial score (nSPS) is 16.9. The van der Waals surface area contributed by atoms with E-state index < -0.39 is 0 Å². The molecule has 0 saturated carbocycles. The molecule has 1 aromatic rings. The number of likely N-dealkylation sites (tertiary alicyclic amines) is 1. The maximum absolute atomic E-state index is 6.05. The molecule has 2 rings (SSSR count). The predicted molar refractivity (Wildman–Crippen MR) is 108 cm³/mol. The minimum atomic E-state index is 0. The molecule has 3 N–H and O–H groups in total. The Balaban J connectivity index is 0.00000264. The van der Waals surface area contributed by atoms with Crippen LogP contribution in [0.5, 0.6) is 0 Å². The van der Waals surface area contributed by atoms with E-state index in [0.717, 1.165) is 24.2 Å². The first kappa shape index (κ1) is 20.2. The van der Waals surface area contributed by atoms with Crippen LogP contribution in [-0.2, 0) is 11.3 Å². The van der Waals surface area contributed by atoms with Crippen molar-refractivity contribution in [1.82, 2.24) is 4.90 Å². The van der Waals surface area contributed by atoms with Gasteiger partial charge in [0.25, 0.3) is 0 Å². The van der Waals surface area contributed by atoms with Gasteiger partial charge in [-0.25, -0.2) is 0 Å². The van der Waals surface area contributed by atoms with Crippen LogP contribution in [0.4, 0.5) is 5.69 Å². The van der Waals surface area contributed by atoms with Gasteiger partial charge in [-0.3, -0.25) is 9.89 Å². The lowest BCUT2D eigenvalue weighted by Crippen LogP contribution is -2.35. The number of aliphatic imine (C=N–C) groups is 1. The Morgan fingerprint density at radius 3 is 2.70 bits per heavy atom. The lowest BCUT2D eigenvalue weighted by atomic mass is 10.2. The van der Waals surface area contributed by atoms with Gasteiger partial charge in [-0.1, -0.05) is 25.1 Å². The second-order valence-corrected chi connectivity index (χ2v) is 5.75. The van der Waals surface area contributed by atoms with Gasteiger partial charge < -0.3 is 15.8 Å². The summed E-state index contributed by atoms with van der Waals surface area (Å²) < 4.78 is 5.21. The Bertz CT molecular complexity index is 489. The first-order chi connectivity index (χ1) is 10.7. The predicted octanol–water partition coefficient (Wildman–Crippen LogP) is 3.05. The molecule has 5 nitrogen and oxygen atoms in total. The molecule has 0 spiro atoms. The van der Waals surface area contributed by atoms with Crippen LogP contribution in [0, 0.1) is 0 Å². The number of hydrogen-bond acceptors (Lipinski definition) is 3. The number of anilines is 1. The molecule has 0 aromatic heterocycles. The van der Waals surface area contributed by atoms with E-state index >= 15 is 0 Å². The van der Waals surface area contributed by atoms with E-state index in [1.165, 1.54) is 25.9 Å². The Labute approximate surface area is 156 Å². The molecule has 0 bridgehead atoms. The van der Waals surface area contributed by atoms with Gasteiger partial charge in [-0.2, -0.15) is 0 Å². The molecule has 1 saturated heterocycles. The van der Waals surface area contributed by atoms with Gasteiger partial charge in [0.1, 0.15) is 0 Å². The molecule has 1 unspecified atom stereocenters. The van der Waals surface area contributed by atoms with Gasteiger partial charge in [0.05, 0.1) is 13.2 Å². The molecule has 23 heavy (non-hydrogen) atoms. The highest BCUT2D eigenvalue weighted by atomic mass is 127. The first-order valence-corrected chi connectivity index (χ1v) is 8.12. The van der Waals surface area contributed by atoms with Gasteiger partial charge in [-0.05, 0) is 38.4 Å². The van der Waals surface area contributed by atoms with Crippen LogP contribution in [0.25, 0.3) is 0 Å². The molecule has 0 aliphatic carbocycles. The van der Waals surface area contributed by atoms with Crippen LogP contribution in [-0.4, -0.2) is 43.6 Å². The number of halogens is 1. The van der Waals surface area contributed by atoms with Gasteiger partial charge in [-0.15, -0.1) is 24.0 Å². The van der Waals surface area contributed by atoms with Crippen molar-refractivity contribution < 1.29 is 4.74 Å². The first-order valence-electron chi connectivity index (χ1n) is 8.12. The summed E-state index contributed by atoms with van der Waals surface area (Å²) in [6.07, 6.45) is 3.72. The zero-order valence-corrected chi connectivity index (χ0v) is 16.5. The van der Waals surface area contributed by atoms with Gasteiger partial charge in [0, 0.05) is 24.4 Å². The van der Waals surface area contributed by atoms with Crippen molar-refractivity contribution in [2.45, 2.75) is 38.8 Å². The second-order valence-electron chi connectivity index (χ2n) is 5.75. The number of benzene rings is 1. The smallest absolute Gasteiger partial charge is 0.193 e. The Morgan fingerprint density at radius 2 is 2.04 bits per heavy atom. The number of guanidine groups is 1. The summed E-state index contributed by atoms with van der Waals surface area (Å²) in [5.41, 5.74) is 8.09. The minimum Gasteiger partial charge on any atom is -0.380 e. The van der Waals surface area contributed by atoms with Crippen LogP contribution in [0.15, 0.2) is 29.3 Å². The van der Waals surface area contributed by atoms with E-state index in [1.807, 2.05) is 24.3 Å². The third-order valence-electron chi connectivity index (χ3n) is 4.18. The summed E-state index contributed by atoms with van der Waals surface area (Å²) >= 11 is 0. The van der Waals surface area contributed by atoms with Crippen LogP contribution >= 0.6 is 24.0 Å². The van der Waals surface area contributed by atoms with Crippen molar-refractivity contribution in [3.8, 4) is 0 Å². The SMILES string of the molecule is CCC(CN=C(N)Nc1ccccc1COC)N1CCCC1.I. The fourth-order valence-corrected chi connectivity index (χ4v) is 2.91. The number of hydrogen-bond donors (Lipinski definition) is 2. The highest BCUT2D eigenvalue weighted by Gasteiger charge is 2.19. The largest absolute Gasteiger partial charge is 0.380 e. The number of nitrogens with zero attached hydrogens (tertiary/aromatic N) is 2. The summed E-state index contributed by atoms with van der Waals surface area (Å²) in [5.74, 6) is 0.473. The number of para-hydroxylation sites is 1. The molecule has 0 radical (unpaired) electrons. The van der Waals surface area contributed by atoms with Crippen molar-refractivity contribution in [2.24, 2.45) is 10.7 Å². The average Bonchev–Trinajstić information content (AvgIpc) is 3.04. The van der Waals surface area contributed by atoms with Gasteiger partial charge in [0.15, 0.2) is 5.96 Å². The van der Waals surface area contributed by atoms with Crippen LogP contribution in [0.1, 0.15) is 31.7 Å². The van der Waals surface area contributed by atoms with Crippen LogP contribution in [0.2, 0.25) is 0 Å². The molecule has 6 heteroatoms. The topological polar surface area (TPSA) is 62.9 Å². The molecule has 1 fully saturated rings. The molecule has 1 atom stereocenters. The third-order valence-corrected chi connectivity index (χ3v) is 4.18. The Hall–Kier alpha value is -0.860. The Morgan fingerprint density at radius 1 is 1.35 bits per heavy atom. The number of nitrogens with one attached hydrogen (secondary N) is 1. The van der Waals surface area contributed by atoms with Gasteiger partial charge in [0.2, 0.25) is 0 Å². The zero-order chi connectivity index (χ0) is 15.8. The Kier molecular flexibility index (Phi) is 9.50. The van der Waals surface area contributed by atoms with Crippen molar-refractivity contribution in [3.63, 3.8) is 0 Å². The number of nitrogens with two attached hydrogens (primary N) is 1. The minimum absolute atomic E-state index is 0. The van der Waals surface area contributed by atoms with Crippen LogP contribution in [0.3, 0.4) is 0 Å². The monoisotopic (exact) mass is 432 g/mol.